The van der Waals surface area contributed by atoms with E-state index in [1.54, 1.807) is 36.8 Å². The molecule has 0 fully saturated rings. The molecular formula is C10H8Cl2N2. The first kappa shape index (κ1) is 11.0. The highest BCUT2D eigenvalue weighted by molar-refractivity contribution is 6.30. The number of halogens is 2. The van der Waals surface area contributed by atoms with Crippen LogP contribution in [0, 0.1) is 0 Å². The maximum absolute atomic E-state index is 5.48. The summed E-state index contributed by atoms with van der Waals surface area (Å²) in [4.78, 5) is 7.50. The summed E-state index contributed by atoms with van der Waals surface area (Å²) in [5.41, 5.74) is 0. The van der Waals surface area contributed by atoms with Crippen LogP contribution in [0.3, 0.4) is 0 Å². The average molecular weight is 227 g/mol. The van der Waals surface area contributed by atoms with Crippen molar-refractivity contribution in [2.24, 2.45) is 0 Å². The predicted octanol–water partition coefficient (Wildman–Crippen LogP) is 3.47. The van der Waals surface area contributed by atoms with Crippen LogP contribution in [-0.4, -0.2) is 9.97 Å². The van der Waals surface area contributed by atoms with Gasteiger partial charge in [-0.05, 0) is 24.3 Å². The fourth-order valence-corrected chi connectivity index (χ4v) is 0.942. The van der Waals surface area contributed by atoms with Gasteiger partial charge in [0.25, 0.3) is 0 Å². The molecule has 2 rings (SSSR count). The first-order chi connectivity index (χ1) is 6.79. The van der Waals surface area contributed by atoms with Gasteiger partial charge in [0.2, 0.25) is 0 Å². The summed E-state index contributed by atoms with van der Waals surface area (Å²) in [6.45, 7) is 0. The molecule has 2 nitrogen and oxygen atoms in total. The molecule has 0 N–H and O–H groups in total. The third-order valence-corrected chi connectivity index (χ3v) is 1.70. The third-order valence-electron chi connectivity index (χ3n) is 1.25. The molecule has 0 radical (unpaired) electrons. The van der Waals surface area contributed by atoms with Crippen molar-refractivity contribution in [1.82, 2.24) is 9.97 Å². The van der Waals surface area contributed by atoms with E-state index in [0.717, 1.165) is 0 Å². The zero-order valence-electron chi connectivity index (χ0n) is 7.27. The molecule has 0 saturated heterocycles. The maximum Gasteiger partial charge on any atom is 0.129 e. The van der Waals surface area contributed by atoms with Gasteiger partial charge in [0, 0.05) is 18.6 Å². The highest BCUT2D eigenvalue weighted by atomic mass is 35.5. The standard InChI is InChI=1S/2C5H4ClN/c6-5-2-1-3-7-4-5;6-5-3-1-2-4-7-5/h2*1-4H. The van der Waals surface area contributed by atoms with Crippen molar-refractivity contribution in [2.75, 3.05) is 0 Å². The Labute approximate surface area is 92.5 Å². The quantitative estimate of drug-likeness (QED) is 0.644. The van der Waals surface area contributed by atoms with Crippen molar-refractivity contribution in [1.29, 1.82) is 0 Å². The zero-order chi connectivity index (χ0) is 10.2. The lowest BCUT2D eigenvalue weighted by atomic mass is 10.5. The van der Waals surface area contributed by atoms with Crippen LogP contribution in [-0.2, 0) is 0 Å². The molecule has 4 heteroatoms. The summed E-state index contributed by atoms with van der Waals surface area (Å²) in [5.74, 6) is 0. The molecule has 0 spiro atoms. The number of nitrogens with zero attached hydrogens (tertiary/aromatic N) is 2. The van der Waals surface area contributed by atoms with Gasteiger partial charge in [-0.15, -0.1) is 0 Å². The van der Waals surface area contributed by atoms with Crippen molar-refractivity contribution >= 4 is 23.2 Å². The lowest BCUT2D eigenvalue weighted by Crippen LogP contribution is -1.65. The Bertz CT molecular complexity index is 314. The Morgan fingerprint density at radius 3 is 2.07 bits per heavy atom. The van der Waals surface area contributed by atoms with Crippen LogP contribution >= 0.6 is 23.2 Å². The van der Waals surface area contributed by atoms with Gasteiger partial charge in [-0.25, -0.2) is 4.98 Å². The largest absolute Gasteiger partial charge is 0.263 e. The second-order valence-electron chi connectivity index (χ2n) is 2.32. The normalized spacial score (nSPS) is 8.71. The third kappa shape index (κ3) is 4.80. The van der Waals surface area contributed by atoms with Gasteiger partial charge < -0.3 is 0 Å². The molecule has 0 aromatic carbocycles. The van der Waals surface area contributed by atoms with Crippen molar-refractivity contribution in [3.63, 3.8) is 0 Å². The summed E-state index contributed by atoms with van der Waals surface area (Å²) in [7, 11) is 0. The number of aromatic nitrogens is 2. The average Bonchev–Trinajstić information content (AvgIpc) is 2.21. The van der Waals surface area contributed by atoms with E-state index in [1.165, 1.54) is 0 Å². The molecule has 72 valence electrons. The topological polar surface area (TPSA) is 25.8 Å². The van der Waals surface area contributed by atoms with Crippen LogP contribution in [0.1, 0.15) is 0 Å². The first-order valence-electron chi connectivity index (χ1n) is 3.91. The van der Waals surface area contributed by atoms with E-state index < -0.39 is 0 Å². The summed E-state index contributed by atoms with van der Waals surface area (Å²) in [6.07, 6.45) is 4.94. The minimum absolute atomic E-state index is 0.544. The van der Waals surface area contributed by atoms with Gasteiger partial charge in [-0.1, -0.05) is 29.3 Å². The predicted molar refractivity (Wildman–Crippen MR) is 58.5 cm³/mol. The van der Waals surface area contributed by atoms with Gasteiger partial charge >= 0.3 is 0 Å². The van der Waals surface area contributed by atoms with Gasteiger partial charge in [0.05, 0.1) is 5.02 Å². The summed E-state index contributed by atoms with van der Waals surface area (Å²) >= 11 is 10.9. The minimum atomic E-state index is 0.544. The molecule has 2 heterocycles. The van der Waals surface area contributed by atoms with Gasteiger partial charge in [0.15, 0.2) is 0 Å². The molecule has 0 atom stereocenters. The van der Waals surface area contributed by atoms with E-state index in [9.17, 15) is 0 Å². The Balaban J connectivity index is 0.000000140. The van der Waals surface area contributed by atoms with Gasteiger partial charge in [0.1, 0.15) is 5.15 Å². The smallest absolute Gasteiger partial charge is 0.129 e. The molecule has 0 bridgehead atoms. The van der Waals surface area contributed by atoms with E-state index in [0.29, 0.717) is 10.2 Å². The van der Waals surface area contributed by atoms with Crippen LogP contribution < -0.4 is 0 Å². The Morgan fingerprint density at radius 1 is 0.929 bits per heavy atom. The molecule has 2 aromatic rings. The first-order valence-corrected chi connectivity index (χ1v) is 4.66. The van der Waals surface area contributed by atoms with Crippen molar-refractivity contribution in [3.8, 4) is 0 Å². The van der Waals surface area contributed by atoms with E-state index >= 15 is 0 Å². The highest BCUT2D eigenvalue weighted by Crippen LogP contribution is 2.01. The zero-order valence-corrected chi connectivity index (χ0v) is 8.78. The van der Waals surface area contributed by atoms with E-state index in [1.807, 2.05) is 12.1 Å². The fraction of sp³-hybridized carbons (Fsp3) is 0. The Morgan fingerprint density at radius 2 is 1.79 bits per heavy atom. The van der Waals surface area contributed by atoms with Gasteiger partial charge in [-0.2, -0.15) is 0 Å². The molecule has 2 aromatic heterocycles. The molecule has 0 unspecified atom stereocenters. The van der Waals surface area contributed by atoms with E-state index in [2.05, 4.69) is 9.97 Å². The highest BCUT2D eigenvalue weighted by Gasteiger charge is 1.76. The monoisotopic (exact) mass is 226 g/mol. The summed E-state index contributed by atoms with van der Waals surface area (Å²) in [6, 6.07) is 8.99. The molecule has 0 aliphatic rings. The lowest BCUT2D eigenvalue weighted by molar-refractivity contribution is 1.33. The molecule has 0 aliphatic heterocycles. The SMILES string of the molecule is Clc1ccccn1.Clc1cccnc1. The summed E-state index contributed by atoms with van der Waals surface area (Å²) < 4.78 is 0. The second kappa shape index (κ2) is 6.35. The van der Waals surface area contributed by atoms with Crippen LogP contribution in [0.25, 0.3) is 0 Å². The molecule has 0 saturated carbocycles. The van der Waals surface area contributed by atoms with Crippen LogP contribution in [0.15, 0.2) is 48.9 Å². The van der Waals surface area contributed by atoms with Crippen LogP contribution in [0.2, 0.25) is 10.2 Å². The van der Waals surface area contributed by atoms with E-state index in [-0.39, 0.29) is 0 Å². The van der Waals surface area contributed by atoms with Crippen LogP contribution in [0.4, 0.5) is 0 Å². The van der Waals surface area contributed by atoms with Gasteiger partial charge in [-0.3, -0.25) is 4.98 Å². The second-order valence-corrected chi connectivity index (χ2v) is 3.15. The molecule has 14 heavy (non-hydrogen) atoms. The Hall–Kier alpha value is -1.12. The molecule has 0 amide bonds. The lowest BCUT2D eigenvalue weighted by Gasteiger charge is -1.79. The fourth-order valence-electron chi connectivity index (χ4n) is 0.684. The van der Waals surface area contributed by atoms with Crippen molar-refractivity contribution < 1.29 is 0 Å². The maximum atomic E-state index is 5.48. The summed E-state index contributed by atoms with van der Waals surface area (Å²) in [5, 5.41) is 1.23. The number of pyridine rings is 2. The Kier molecular flexibility index (Phi) is 4.97. The van der Waals surface area contributed by atoms with Crippen molar-refractivity contribution in [2.45, 2.75) is 0 Å². The van der Waals surface area contributed by atoms with Crippen molar-refractivity contribution in [3.05, 3.63) is 59.1 Å². The molecule has 0 aliphatic carbocycles. The number of hydrogen-bond donors (Lipinski definition) is 0. The molecular weight excluding hydrogens is 219 g/mol. The number of rotatable bonds is 0. The minimum Gasteiger partial charge on any atom is -0.263 e. The van der Waals surface area contributed by atoms with E-state index in [4.69, 9.17) is 23.2 Å². The van der Waals surface area contributed by atoms with Crippen LogP contribution in [0.5, 0.6) is 0 Å². The number of hydrogen-bond acceptors (Lipinski definition) is 2.